The van der Waals surface area contributed by atoms with E-state index in [0.717, 1.165) is 17.1 Å². The maximum Gasteiger partial charge on any atom is 0.130 e. The Labute approximate surface area is 115 Å². The maximum atomic E-state index is 5.85. The van der Waals surface area contributed by atoms with Crippen LogP contribution in [-0.4, -0.2) is 4.98 Å². The standard InChI is InChI=1S/C17H21NO/c1-12(2)15-8-9-17(13(3)10-15)19-11-16-7-5-6-14(4)18-16/h5-10,12H,11H2,1-4H3. The van der Waals surface area contributed by atoms with Crippen LogP contribution in [0.25, 0.3) is 0 Å². The van der Waals surface area contributed by atoms with Gasteiger partial charge in [0.15, 0.2) is 0 Å². The summed E-state index contributed by atoms with van der Waals surface area (Å²) in [5.74, 6) is 1.49. The first-order valence-corrected chi connectivity index (χ1v) is 6.72. The van der Waals surface area contributed by atoms with Crippen molar-refractivity contribution in [2.24, 2.45) is 0 Å². The van der Waals surface area contributed by atoms with E-state index in [4.69, 9.17) is 4.74 Å². The number of hydrogen-bond acceptors (Lipinski definition) is 2. The molecule has 0 fully saturated rings. The van der Waals surface area contributed by atoms with Crippen LogP contribution in [0.15, 0.2) is 36.4 Å². The normalized spacial score (nSPS) is 10.8. The van der Waals surface area contributed by atoms with E-state index < -0.39 is 0 Å². The zero-order chi connectivity index (χ0) is 13.8. The minimum atomic E-state index is 0.517. The first kappa shape index (κ1) is 13.6. The fourth-order valence-electron chi connectivity index (χ4n) is 2.03. The van der Waals surface area contributed by atoms with Gasteiger partial charge in [-0.1, -0.05) is 32.0 Å². The smallest absolute Gasteiger partial charge is 0.130 e. The number of aromatic nitrogens is 1. The van der Waals surface area contributed by atoms with Gasteiger partial charge in [-0.05, 0) is 49.1 Å². The molecule has 2 aromatic rings. The van der Waals surface area contributed by atoms with E-state index in [1.807, 2.05) is 25.1 Å². The van der Waals surface area contributed by atoms with Gasteiger partial charge in [-0.25, -0.2) is 0 Å². The Morgan fingerprint density at radius 1 is 1.11 bits per heavy atom. The number of rotatable bonds is 4. The summed E-state index contributed by atoms with van der Waals surface area (Å²) in [5, 5.41) is 0. The number of benzene rings is 1. The second-order valence-electron chi connectivity index (χ2n) is 5.24. The van der Waals surface area contributed by atoms with E-state index in [1.165, 1.54) is 11.1 Å². The maximum absolute atomic E-state index is 5.85. The molecule has 0 N–H and O–H groups in total. The highest BCUT2D eigenvalue weighted by molar-refractivity contribution is 5.37. The lowest BCUT2D eigenvalue weighted by Gasteiger charge is -2.12. The van der Waals surface area contributed by atoms with Gasteiger partial charge in [0.25, 0.3) is 0 Å². The number of aryl methyl sites for hydroxylation is 2. The Kier molecular flexibility index (Phi) is 4.20. The molecular formula is C17H21NO. The van der Waals surface area contributed by atoms with Gasteiger partial charge in [-0.2, -0.15) is 0 Å². The molecule has 0 spiro atoms. The third-order valence-electron chi connectivity index (χ3n) is 3.19. The van der Waals surface area contributed by atoms with Gasteiger partial charge in [0, 0.05) is 5.69 Å². The van der Waals surface area contributed by atoms with Gasteiger partial charge in [-0.15, -0.1) is 0 Å². The fourth-order valence-corrected chi connectivity index (χ4v) is 2.03. The molecule has 1 heterocycles. The van der Waals surface area contributed by atoms with E-state index in [0.29, 0.717) is 12.5 Å². The molecule has 0 atom stereocenters. The van der Waals surface area contributed by atoms with E-state index >= 15 is 0 Å². The molecule has 100 valence electrons. The molecule has 1 aromatic heterocycles. The Bertz CT molecular complexity index is 561. The molecule has 0 saturated carbocycles. The molecule has 0 unspecified atom stereocenters. The van der Waals surface area contributed by atoms with Crippen molar-refractivity contribution in [1.82, 2.24) is 4.98 Å². The van der Waals surface area contributed by atoms with Crippen molar-refractivity contribution >= 4 is 0 Å². The lowest BCUT2D eigenvalue weighted by Crippen LogP contribution is -2.00. The first-order chi connectivity index (χ1) is 9.06. The summed E-state index contributed by atoms with van der Waals surface area (Å²) in [6.45, 7) is 9.00. The van der Waals surface area contributed by atoms with E-state index in [9.17, 15) is 0 Å². The van der Waals surface area contributed by atoms with E-state index in [-0.39, 0.29) is 0 Å². The minimum Gasteiger partial charge on any atom is -0.487 e. The summed E-state index contributed by atoms with van der Waals surface area (Å²) in [5.41, 5.74) is 4.51. The molecule has 2 heteroatoms. The molecule has 0 aliphatic carbocycles. The molecule has 0 aliphatic rings. The van der Waals surface area contributed by atoms with Crippen molar-refractivity contribution in [3.63, 3.8) is 0 Å². The predicted octanol–water partition coefficient (Wildman–Crippen LogP) is 4.40. The largest absolute Gasteiger partial charge is 0.487 e. The third kappa shape index (κ3) is 3.57. The summed E-state index contributed by atoms with van der Waals surface area (Å²) >= 11 is 0. The van der Waals surface area contributed by atoms with Crippen molar-refractivity contribution in [3.8, 4) is 5.75 Å². The summed E-state index contributed by atoms with van der Waals surface area (Å²) in [6.07, 6.45) is 0. The molecular weight excluding hydrogens is 234 g/mol. The minimum absolute atomic E-state index is 0.517. The van der Waals surface area contributed by atoms with Gasteiger partial charge < -0.3 is 4.74 Å². The molecule has 2 rings (SSSR count). The summed E-state index contributed by atoms with van der Waals surface area (Å²) in [6, 6.07) is 12.4. The molecule has 0 aliphatic heterocycles. The van der Waals surface area contributed by atoms with Crippen LogP contribution in [0.3, 0.4) is 0 Å². The molecule has 0 bridgehead atoms. The van der Waals surface area contributed by atoms with Crippen molar-refractivity contribution in [1.29, 1.82) is 0 Å². The van der Waals surface area contributed by atoms with E-state index in [1.54, 1.807) is 0 Å². The van der Waals surface area contributed by atoms with Crippen LogP contribution in [0.4, 0.5) is 0 Å². The van der Waals surface area contributed by atoms with Crippen LogP contribution < -0.4 is 4.74 Å². The lowest BCUT2D eigenvalue weighted by molar-refractivity contribution is 0.299. The van der Waals surface area contributed by atoms with Crippen LogP contribution in [0.2, 0.25) is 0 Å². The average Bonchev–Trinajstić information content (AvgIpc) is 2.37. The lowest BCUT2D eigenvalue weighted by atomic mass is 10.0. The highest BCUT2D eigenvalue weighted by Crippen LogP contribution is 2.24. The number of ether oxygens (including phenoxy) is 1. The van der Waals surface area contributed by atoms with Crippen molar-refractivity contribution in [2.75, 3.05) is 0 Å². The summed E-state index contributed by atoms with van der Waals surface area (Å²) < 4.78 is 5.85. The van der Waals surface area contributed by atoms with Crippen LogP contribution in [0.5, 0.6) is 5.75 Å². The Morgan fingerprint density at radius 3 is 2.53 bits per heavy atom. The topological polar surface area (TPSA) is 22.1 Å². The van der Waals surface area contributed by atoms with Crippen LogP contribution in [0.1, 0.15) is 42.3 Å². The molecule has 0 amide bonds. The quantitative estimate of drug-likeness (QED) is 0.807. The number of hydrogen-bond donors (Lipinski definition) is 0. The highest BCUT2D eigenvalue weighted by Gasteiger charge is 2.05. The van der Waals surface area contributed by atoms with Crippen molar-refractivity contribution in [2.45, 2.75) is 40.2 Å². The van der Waals surface area contributed by atoms with Gasteiger partial charge in [0.1, 0.15) is 12.4 Å². The molecule has 2 nitrogen and oxygen atoms in total. The summed E-state index contributed by atoms with van der Waals surface area (Å²) in [7, 11) is 0. The Morgan fingerprint density at radius 2 is 1.89 bits per heavy atom. The Balaban J connectivity index is 2.07. The molecule has 0 saturated heterocycles. The van der Waals surface area contributed by atoms with Crippen LogP contribution in [-0.2, 0) is 6.61 Å². The first-order valence-electron chi connectivity index (χ1n) is 6.72. The van der Waals surface area contributed by atoms with Gasteiger partial charge in [-0.3, -0.25) is 4.98 Å². The Hall–Kier alpha value is -1.83. The van der Waals surface area contributed by atoms with Crippen LogP contribution >= 0.6 is 0 Å². The van der Waals surface area contributed by atoms with Crippen LogP contribution in [0, 0.1) is 13.8 Å². The van der Waals surface area contributed by atoms with Crippen molar-refractivity contribution in [3.05, 3.63) is 58.9 Å². The van der Waals surface area contributed by atoms with Gasteiger partial charge >= 0.3 is 0 Å². The highest BCUT2D eigenvalue weighted by atomic mass is 16.5. The zero-order valence-electron chi connectivity index (χ0n) is 12.1. The van der Waals surface area contributed by atoms with Gasteiger partial charge in [0.05, 0.1) is 5.69 Å². The third-order valence-corrected chi connectivity index (χ3v) is 3.19. The molecule has 0 radical (unpaired) electrons. The fraction of sp³-hybridized carbons (Fsp3) is 0.353. The van der Waals surface area contributed by atoms with Gasteiger partial charge in [0.2, 0.25) is 0 Å². The summed E-state index contributed by atoms with van der Waals surface area (Å²) in [4.78, 5) is 4.44. The number of nitrogens with zero attached hydrogens (tertiary/aromatic N) is 1. The molecule has 19 heavy (non-hydrogen) atoms. The molecule has 1 aromatic carbocycles. The monoisotopic (exact) mass is 255 g/mol. The average molecular weight is 255 g/mol. The number of pyridine rings is 1. The van der Waals surface area contributed by atoms with E-state index in [2.05, 4.69) is 44.0 Å². The zero-order valence-corrected chi connectivity index (χ0v) is 12.1. The van der Waals surface area contributed by atoms with Crippen molar-refractivity contribution < 1.29 is 4.74 Å². The second-order valence-corrected chi connectivity index (χ2v) is 5.24. The predicted molar refractivity (Wildman–Crippen MR) is 78.6 cm³/mol. The SMILES string of the molecule is Cc1cccc(COc2ccc(C(C)C)cc2C)n1. The second kappa shape index (κ2) is 5.87.